The fourth-order valence-electron chi connectivity index (χ4n) is 4.42. The molecular weight excluding hydrogens is 437 g/mol. The van der Waals surface area contributed by atoms with Gasteiger partial charge in [-0.3, -0.25) is 9.59 Å². The van der Waals surface area contributed by atoms with E-state index in [1.165, 1.54) is 12.1 Å². The van der Waals surface area contributed by atoms with Crippen LogP contribution in [0.3, 0.4) is 0 Å². The van der Waals surface area contributed by atoms with Crippen molar-refractivity contribution in [2.24, 2.45) is 0 Å². The molecule has 2 N–H and O–H groups in total. The van der Waals surface area contributed by atoms with Gasteiger partial charge in [0, 0.05) is 24.9 Å². The van der Waals surface area contributed by atoms with E-state index in [0.29, 0.717) is 37.2 Å². The minimum absolute atomic E-state index is 0.0556. The number of rotatable bonds is 8. The van der Waals surface area contributed by atoms with Gasteiger partial charge in [0.2, 0.25) is 18.6 Å². The van der Waals surface area contributed by atoms with Crippen LogP contribution in [-0.4, -0.2) is 30.7 Å². The fourth-order valence-corrected chi connectivity index (χ4v) is 4.42. The molecule has 4 rings (SSSR count). The zero-order valence-electron chi connectivity index (χ0n) is 18.0. The van der Waals surface area contributed by atoms with Crippen molar-refractivity contribution < 1.29 is 32.2 Å². The van der Waals surface area contributed by atoms with Crippen molar-refractivity contribution in [3.05, 3.63) is 59.2 Å². The van der Waals surface area contributed by atoms with E-state index in [-0.39, 0.29) is 43.6 Å². The molecule has 2 amide bonds. The van der Waals surface area contributed by atoms with E-state index in [0.717, 1.165) is 11.6 Å². The summed E-state index contributed by atoms with van der Waals surface area (Å²) >= 11 is 0. The van der Waals surface area contributed by atoms with Crippen LogP contribution in [0.2, 0.25) is 0 Å². The van der Waals surface area contributed by atoms with Crippen LogP contribution in [0.25, 0.3) is 0 Å². The molecule has 0 aromatic heterocycles. The highest BCUT2D eigenvalue weighted by atomic mass is 19.4. The van der Waals surface area contributed by atoms with Crippen molar-refractivity contribution in [3.8, 4) is 11.5 Å². The normalized spacial score (nSPS) is 19.4. The van der Waals surface area contributed by atoms with Gasteiger partial charge in [-0.25, -0.2) is 0 Å². The standard InChI is InChI=1S/C24H25F3N2O4/c25-24(26,27)18-4-2-1-3-17(18)9-12-28-21(30)7-10-23(11-8-22(31)29-23)14-16-5-6-19-20(13-16)33-15-32-19/h1-6,13H,7-12,14-15H2,(H,28,30)(H,29,31). The van der Waals surface area contributed by atoms with E-state index in [1.807, 2.05) is 18.2 Å². The number of benzene rings is 2. The smallest absolute Gasteiger partial charge is 0.416 e. The number of halogens is 3. The minimum atomic E-state index is -4.43. The molecule has 0 saturated carbocycles. The monoisotopic (exact) mass is 462 g/mol. The summed E-state index contributed by atoms with van der Waals surface area (Å²) in [6.45, 7) is 0.279. The van der Waals surface area contributed by atoms with Crippen LogP contribution in [0.1, 0.15) is 42.4 Å². The molecule has 176 valence electrons. The molecule has 2 aliphatic rings. The Labute approximate surface area is 189 Å². The Morgan fingerprint density at radius 3 is 2.67 bits per heavy atom. The zero-order chi connectivity index (χ0) is 23.5. The molecule has 2 aliphatic heterocycles. The summed E-state index contributed by atoms with van der Waals surface area (Å²) in [6.07, 6.45) is -2.22. The lowest BCUT2D eigenvalue weighted by Gasteiger charge is -2.29. The molecule has 2 aromatic carbocycles. The van der Waals surface area contributed by atoms with Gasteiger partial charge in [0.1, 0.15) is 0 Å². The highest BCUT2D eigenvalue weighted by Gasteiger charge is 2.38. The average Bonchev–Trinajstić information content (AvgIpc) is 3.38. The van der Waals surface area contributed by atoms with Gasteiger partial charge in [0.15, 0.2) is 11.5 Å². The number of nitrogens with one attached hydrogen (secondary N) is 2. The number of hydrogen-bond acceptors (Lipinski definition) is 4. The molecule has 0 bridgehead atoms. The van der Waals surface area contributed by atoms with Crippen molar-refractivity contribution in [2.75, 3.05) is 13.3 Å². The Bertz CT molecular complexity index is 1040. The summed E-state index contributed by atoms with van der Waals surface area (Å²) in [5.74, 6) is 1.02. The van der Waals surface area contributed by atoms with Gasteiger partial charge in [-0.05, 0) is 55.0 Å². The predicted molar refractivity (Wildman–Crippen MR) is 114 cm³/mol. The Morgan fingerprint density at radius 2 is 1.91 bits per heavy atom. The lowest BCUT2D eigenvalue weighted by Crippen LogP contribution is -2.44. The Balaban J connectivity index is 1.32. The Kier molecular flexibility index (Phi) is 6.49. The van der Waals surface area contributed by atoms with E-state index < -0.39 is 17.3 Å². The van der Waals surface area contributed by atoms with Crippen LogP contribution >= 0.6 is 0 Å². The maximum absolute atomic E-state index is 13.1. The summed E-state index contributed by atoms with van der Waals surface area (Å²) < 4.78 is 50.1. The third-order valence-electron chi connectivity index (χ3n) is 6.08. The van der Waals surface area contributed by atoms with Crippen LogP contribution in [0.15, 0.2) is 42.5 Å². The molecule has 1 unspecified atom stereocenters. The first-order valence-electron chi connectivity index (χ1n) is 10.9. The highest BCUT2D eigenvalue weighted by Crippen LogP contribution is 2.36. The molecule has 0 aliphatic carbocycles. The summed E-state index contributed by atoms with van der Waals surface area (Å²) in [5.41, 5.74) is -0.126. The van der Waals surface area contributed by atoms with E-state index in [2.05, 4.69) is 10.6 Å². The Hall–Kier alpha value is -3.23. The summed E-state index contributed by atoms with van der Waals surface area (Å²) in [6, 6.07) is 11.0. The number of alkyl halides is 3. The molecule has 1 fully saturated rings. The molecule has 1 atom stereocenters. The molecule has 2 heterocycles. The molecule has 2 aromatic rings. The first-order valence-corrected chi connectivity index (χ1v) is 10.9. The molecule has 6 nitrogen and oxygen atoms in total. The van der Waals surface area contributed by atoms with Gasteiger partial charge in [0.25, 0.3) is 0 Å². The second-order valence-corrected chi connectivity index (χ2v) is 8.45. The molecule has 33 heavy (non-hydrogen) atoms. The van der Waals surface area contributed by atoms with Crippen LogP contribution in [-0.2, 0) is 28.6 Å². The summed E-state index contributed by atoms with van der Waals surface area (Å²) in [4.78, 5) is 24.4. The van der Waals surface area contributed by atoms with Crippen molar-refractivity contribution in [1.82, 2.24) is 10.6 Å². The van der Waals surface area contributed by atoms with Crippen molar-refractivity contribution >= 4 is 11.8 Å². The zero-order valence-corrected chi connectivity index (χ0v) is 18.0. The van der Waals surface area contributed by atoms with Crippen LogP contribution in [0.4, 0.5) is 13.2 Å². The SMILES string of the molecule is O=C(CCC1(Cc2ccc3c(c2)OCO3)CCC(=O)N1)NCCc1ccccc1C(F)(F)F. The fraction of sp³-hybridized carbons (Fsp3) is 0.417. The predicted octanol–water partition coefficient (Wildman–Crippen LogP) is 3.76. The summed E-state index contributed by atoms with van der Waals surface area (Å²) in [5, 5.41) is 5.73. The second kappa shape index (κ2) is 9.33. The number of ether oxygens (including phenoxy) is 2. The third kappa shape index (κ3) is 5.58. The van der Waals surface area contributed by atoms with Gasteiger partial charge >= 0.3 is 6.18 Å². The molecule has 9 heteroatoms. The van der Waals surface area contributed by atoms with Gasteiger partial charge in [0.05, 0.1) is 5.56 Å². The van der Waals surface area contributed by atoms with Crippen molar-refractivity contribution in [2.45, 2.75) is 50.2 Å². The number of carbonyl (C=O) groups excluding carboxylic acids is 2. The van der Waals surface area contributed by atoms with Gasteiger partial charge in [-0.15, -0.1) is 0 Å². The lowest BCUT2D eigenvalue weighted by molar-refractivity contribution is -0.138. The Morgan fingerprint density at radius 1 is 1.12 bits per heavy atom. The van der Waals surface area contributed by atoms with Crippen molar-refractivity contribution in [1.29, 1.82) is 0 Å². The highest BCUT2D eigenvalue weighted by molar-refractivity contribution is 5.80. The van der Waals surface area contributed by atoms with Gasteiger partial charge in [-0.1, -0.05) is 24.3 Å². The maximum Gasteiger partial charge on any atom is 0.416 e. The minimum Gasteiger partial charge on any atom is -0.454 e. The van der Waals surface area contributed by atoms with E-state index in [9.17, 15) is 22.8 Å². The number of fused-ring (bicyclic) bond motifs is 1. The van der Waals surface area contributed by atoms with Gasteiger partial charge in [-0.2, -0.15) is 13.2 Å². The quantitative estimate of drug-likeness (QED) is 0.626. The third-order valence-corrected chi connectivity index (χ3v) is 6.08. The number of amides is 2. The topological polar surface area (TPSA) is 76.7 Å². The molecule has 0 radical (unpaired) electrons. The number of hydrogen-bond donors (Lipinski definition) is 2. The number of carbonyl (C=O) groups is 2. The maximum atomic E-state index is 13.1. The van der Waals surface area contributed by atoms with Crippen LogP contribution < -0.4 is 20.1 Å². The van der Waals surface area contributed by atoms with Gasteiger partial charge < -0.3 is 20.1 Å². The van der Waals surface area contributed by atoms with E-state index in [1.54, 1.807) is 6.07 Å². The van der Waals surface area contributed by atoms with Crippen LogP contribution in [0, 0.1) is 0 Å². The second-order valence-electron chi connectivity index (χ2n) is 8.45. The van der Waals surface area contributed by atoms with E-state index in [4.69, 9.17) is 9.47 Å². The first kappa shape index (κ1) is 22.9. The lowest BCUT2D eigenvalue weighted by atomic mass is 9.85. The largest absolute Gasteiger partial charge is 0.454 e. The van der Waals surface area contributed by atoms with Crippen LogP contribution in [0.5, 0.6) is 11.5 Å². The molecular formula is C24H25F3N2O4. The summed E-state index contributed by atoms with van der Waals surface area (Å²) in [7, 11) is 0. The average molecular weight is 462 g/mol. The van der Waals surface area contributed by atoms with E-state index >= 15 is 0 Å². The first-order chi connectivity index (χ1) is 15.7. The molecule has 0 spiro atoms. The molecule has 1 saturated heterocycles. The van der Waals surface area contributed by atoms with Crippen molar-refractivity contribution in [3.63, 3.8) is 0 Å².